The van der Waals surface area contributed by atoms with Crippen molar-refractivity contribution in [1.82, 2.24) is 9.62 Å². The maximum atomic E-state index is 12.1. The van der Waals surface area contributed by atoms with Crippen molar-refractivity contribution in [3.63, 3.8) is 0 Å². The number of piperazine rings is 1. The lowest BCUT2D eigenvalue weighted by Crippen LogP contribution is -2.46. The Hall–Kier alpha value is -0.0400. The zero-order valence-electron chi connectivity index (χ0n) is 9.19. The number of rotatable bonds is 4. The van der Waals surface area contributed by atoms with Gasteiger partial charge in [0.15, 0.2) is 0 Å². The molecule has 0 amide bonds. The second-order valence-corrected chi connectivity index (χ2v) is 6.30. The van der Waals surface area contributed by atoms with E-state index in [4.69, 9.17) is 0 Å². The molecule has 0 unspecified atom stereocenters. The molecule has 0 bridgehead atoms. The molecule has 0 aliphatic carbocycles. The molecule has 0 aromatic carbocycles. The van der Waals surface area contributed by atoms with Gasteiger partial charge in [0.1, 0.15) is 4.24 Å². The Morgan fingerprint density at radius 3 is 2.53 bits per heavy atom. The molecule has 1 saturated heterocycles. The van der Waals surface area contributed by atoms with E-state index < -0.39 is 10.0 Å². The number of nitrogens with zero attached hydrogens (tertiary/aromatic N) is 1. The van der Waals surface area contributed by atoms with Gasteiger partial charge in [0.25, 0.3) is 0 Å². The molecule has 1 rings (SSSR count). The van der Waals surface area contributed by atoms with E-state index in [9.17, 15) is 8.42 Å². The summed E-state index contributed by atoms with van der Waals surface area (Å²) in [6.45, 7) is 4.58. The number of hydrogen-bond donors (Lipinski definition) is 1. The summed E-state index contributed by atoms with van der Waals surface area (Å²) in [6, 6.07) is 0. The number of sulfonamides is 1. The SMILES string of the molecule is CC/C=C(\SC)S(=O)(=O)N1CCNCC1. The van der Waals surface area contributed by atoms with E-state index in [0.29, 0.717) is 17.3 Å². The number of nitrogens with one attached hydrogen (secondary N) is 1. The maximum Gasteiger partial charge on any atom is 0.248 e. The normalized spacial score (nSPS) is 20.5. The summed E-state index contributed by atoms with van der Waals surface area (Å²) in [4.78, 5) is 0. The summed E-state index contributed by atoms with van der Waals surface area (Å²) in [6.07, 6.45) is 4.34. The van der Waals surface area contributed by atoms with E-state index in [-0.39, 0.29) is 0 Å². The highest BCUT2D eigenvalue weighted by Gasteiger charge is 2.26. The van der Waals surface area contributed by atoms with Crippen molar-refractivity contribution in [3.8, 4) is 0 Å². The van der Waals surface area contributed by atoms with Gasteiger partial charge in [-0.05, 0) is 12.7 Å². The van der Waals surface area contributed by atoms with E-state index in [1.165, 1.54) is 11.8 Å². The third kappa shape index (κ3) is 3.21. The van der Waals surface area contributed by atoms with Gasteiger partial charge in [-0.1, -0.05) is 13.0 Å². The molecule has 0 atom stereocenters. The Kier molecular flexibility index (Phi) is 5.11. The lowest BCUT2D eigenvalue weighted by molar-refractivity contribution is 0.364. The molecule has 1 aliphatic heterocycles. The van der Waals surface area contributed by atoms with Crippen LogP contribution in [0.3, 0.4) is 0 Å². The second-order valence-electron chi connectivity index (χ2n) is 3.29. The Morgan fingerprint density at radius 2 is 2.07 bits per heavy atom. The fraction of sp³-hybridized carbons (Fsp3) is 0.778. The quantitative estimate of drug-likeness (QED) is 0.803. The molecular formula is C9H18N2O2S2. The molecule has 0 saturated carbocycles. The predicted molar refractivity (Wildman–Crippen MR) is 65.3 cm³/mol. The van der Waals surface area contributed by atoms with E-state index in [2.05, 4.69) is 5.32 Å². The van der Waals surface area contributed by atoms with Crippen LogP contribution >= 0.6 is 11.8 Å². The van der Waals surface area contributed by atoms with Crippen molar-refractivity contribution in [2.45, 2.75) is 13.3 Å². The third-order valence-corrected chi connectivity index (χ3v) is 5.66. The third-order valence-electron chi connectivity index (χ3n) is 2.24. The summed E-state index contributed by atoms with van der Waals surface area (Å²) in [5.74, 6) is 0. The number of thioether (sulfide) groups is 1. The molecule has 6 heteroatoms. The van der Waals surface area contributed by atoms with Crippen molar-refractivity contribution in [2.24, 2.45) is 0 Å². The molecule has 0 aromatic rings. The van der Waals surface area contributed by atoms with Crippen molar-refractivity contribution in [2.75, 3.05) is 32.4 Å². The first-order valence-corrected chi connectivity index (χ1v) is 7.74. The van der Waals surface area contributed by atoms with Gasteiger partial charge < -0.3 is 5.32 Å². The molecule has 1 N–H and O–H groups in total. The van der Waals surface area contributed by atoms with Crippen LogP contribution in [0.15, 0.2) is 10.3 Å². The van der Waals surface area contributed by atoms with Gasteiger partial charge in [-0.25, -0.2) is 8.42 Å². The molecule has 15 heavy (non-hydrogen) atoms. The number of hydrogen-bond acceptors (Lipinski definition) is 4. The standard InChI is InChI=1S/C9H18N2O2S2/c1-3-4-9(14-2)15(12,13)11-7-5-10-6-8-11/h4,10H,3,5-8H2,1-2H3/b9-4+. The molecule has 0 aromatic heterocycles. The van der Waals surface area contributed by atoms with Gasteiger partial charge in [-0.3, -0.25) is 0 Å². The minimum Gasteiger partial charge on any atom is -0.314 e. The fourth-order valence-electron chi connectivity index (χ4n) is 1.47. The van der Waals surface area contributed by atoms with Crippen LogP contribution in [0.25, 0.3) is 0 Å². The summed E-state index contributed by atoms with van der Waals surface area (Å²) >= 11 is 1.31. The average molecular weight is 250 g/mol. The largest absolute Gasteiger partial charge is 0.314 e. The summed E-state index contributed by atoms with van der Waals surface area (Å²) in [5.41, 5.74) is 0. The molecule has 4 nitrogen and oxygen atoms in total. The van der Waals surface area contributed by atoms with Crippen LogP contribution < -0.4 is 5.32 Å². The Morgan fingerprint density at radius 1 is 1.47 bits per heavy atom. The van der Waals surface area contributed by atoms with Gasteiger partial charge >= 0.3 is 0 Å². The number of allylic oxidation sites excluding steroid dienone is 1. The molecule has 0 spiro atoms. The van der Waals surface area contributed by atoms with Crippen LogP contribution in [0.5, 0.6) is 0 Å². The molecule has 88 valence electrons. The summed E-state index contributed by atoms with van der Waals surface area (Å²) < 4.78 is 26.3. The fourth-order valence-corrected chi connectivity index (χ4v) is 4.26. The van der Waals surface area contributed by atoms with Gasteiger partial charge in [-0.2, -0.15) is 4.31 Å². The summed E-state index contributed by atoms with van der Waals surface area (Å²) in [7, 11) is -3.22. The topological polar surface area (TPSA) is 49.4 Å². The van der Waals surface area contributed by atoms with Crippen LogP contribution in [-0.2, 0) is 10.0 Å². The van der Waals surface area contributed by atoms with Crippen molar-refractivity contribution >= 4 is 21.8 Å². The van der Waals surface area contributed by atoms with Crippen molar-refractivity contribution in [3.05, 3.63) is 10.3 Å². The zero-order valence-corrected chi connectivity index (χ0v) is 10.8. The van der Waals surface area contributed by atoms with Gasteiger partial charge in [0, 0.05) is 26.2 Å². The Balaban J connectivity index is 2.84. The van der Waals surface area contributed by atoms with E-state index in [1.807, 2.05) is 6.92 Å². The maximum absolute atomic E-state index is 12.1. The van der Waals surface area contributed by atoms with Crippen LogP contribution in [0, 0.1) is 0 Å². The molecule has 0 radical (unpaired) electrons. The molecule has 1 aliphatic rings. The first-order valence-electron chi connectivity index (χ1n) is 5.08. The first kappa shape index (κ1) is 13.0. The molecular weight excluding hydrogens is 232 g/mol. The van der Waals surface area contributed by atoms with Crippen molar-refractivity contribution < 1.29 is 8.42 Å². The van der Waals surface area contributed by atoms with Crippen LogP contribution in [0.1, 0.15) is 13.3 Å². The van der Waals surface area contributed by atoms with Gasteiger partial charge in [0.05, 0.1) is 0 Å². The lowest BCUT2D eigenvalue weighted by Gasteiger charge is -2.27. The van der Waals surface area contributed by atoms with E-state index in [0.717, 1.165) is 19.5 Å². The smallest absolute Gasteiger partial charge is 0.248 e. The zero-order chi connectivity index (χ0) is 11.3. The predicted octanol–water partition coefficient (Wildman–Crippen LogP) is 0.836. The van der Waals surface area contributed by atoms with Crippen LogP contribution in [0.4, 0.5) is 0 Å². The van der Waals surface area contributed by atoms with Crippen LogP contribution in [0.2, 0.25) is 0 Å². The highest BCUT2D eigenvalue weighted by atomic mass is 32.3. The Labute approximate surface area is 96.2 Å². The average Bonchev–Trinajstić information content (AvgIpc) is 2.27. The highest BCUT2D eigenvalue weighted by Crippen LogP contribution is 2.23. The second kappa shape index (κ2) is 5.89. The summed E-state index contributed by atoms with van der Waals surface area (Å²) in [5, 5.41) is 3.14. The Bertz CT molecular complexity index is 319. The first-order chi connectivity index (χ1) is 7.12. The highest BCUT2D eigenvalue weighted by molar-refractivity contribution is 8.17. The van der Waals surface area contributed by atoms with Crippen molar-refractivity contribution in [1.29, 1.82) is 0 Å². The lowest BCUT2D eigenvalue weighted by atomic mass is 10.4. The molecule has 1 heterocycles. The monoisotopic (exact) mass is 250 g/mol. The van der Waals surface area contributed by atoms with Gasteiger partial charge in [0.2, 0.25) is 10.0 Å². The minimum atomic E-state index is -3.22. The molecule has 1 fully saturated rings. The van der Waals surface area contributed by atoms with Gasteiger partial charge in [-0.15, -0.1) is 11.8 Å². The minimum absolute atomic E-state index is 0.479. The van der Waals surface area contributed by atoms with E-state index in [1.54, 1.807) is 16.6 Å². The van der Waals surface area contributed by atoms with Crippen LogP contribution in [-0.4, -0.2) is 45.2 Å². The van der Waals surface area contributed by atoms with E-state index >= 15 is 0 Å².